The summed E-state index contributed by atoms with van der Waals surface area (Å²) in [6.07, 6.45) is 6.46. The van der Waals surface area contributed by atoms with Crippen LogP contribution in [0.25, 0.3) is 0 Å². The fourth-order valence-corrected chi connectivity index (χ4v) is 3.90. The van der Waals surface area contributed by atoms with E-state index in [0.29, 0.717) is 6.04 Å². The highest BCUT2D eigenvalue weighted by molar-refractivity contribution is 5.81. The summed E-state index contributed by atoms with van der Waals surface area (Å²) in [5.74, 6) is 0.943. The van der Waals surface area contributed by atoms with E-state index < -0.39 is 5.60 Å². The summed E-state index contributed by atoms with van der Waals surface area (Å²) in [5.41, 5.74) is -0.482. The minimum atomic E-state index is -0.482. The van der Waals surface area contributed by atoms with Crippen LogP contribution in [0, 0.1) is 5.92 Å². The molecule has 23 heavy (non-hydrogen) atoms. The molecule has 2 N–H and O–H groups in total. The van der Waals surface area contributed by atoms with Crippen LogP contribution in [0.2, 0.25) is 0 Å². The molecule has 1 heterocycles. The number of amides is 1. The Morgan fingerprint density at radius 1 is 1.17 bits per heavy atom. The van der Waals surface area contributed by atoms with E-state index >= 15 is 0 Å². The summed E-state index contributed by atoms with van der Waals surface area (Å²) >= 11 is 0. The standard InChI is InChI=1S/C18H33N3O2/c1-14-5-7-18(23,8-6-14)13-20-9-11-21(12-10-20)15(2)17(22)19-16-3-4-16/h14-16,23H,3-13H2,1-2H3,(H,19,22). The molecule has 0 aromatic heterocycles. The monoisotopic (exact) mass is 323 g/mol. The van der Waals surface area contributed by atoms with Crippen LogP contribution in [0.15, 0.2) is 0 Å². The van der Waals surface area contributed by atoms with Gasteiger partial charge in [0, 0.05) is 38.8 Å². The van der Waals surface area contributed by atoms with Gasteiger partial charge in [0.05, 0.1) is 11.6 Å². The molecule has 1 amide bonds. The van der Waals surface area contributed by atoms with Gasteiger partial charge >= 0.3 is 0 Å². The molecule has 1 atom stereocenters. The third kappa shape index (κ3) is 4.68. The van der Waals surface area contributed by atoms with E-state index in [0.717, 1.165) is 77.2 Å². The van der Waals surface area contributed by atoms with Crippen molar-refractivity contribution in [2.45, 2.75) is 70.1 Å². The van der Waals surface area contributed by atoms with Crippen LogP contribution in [0.4, 0.5) is 0 Å². The summed E-state index contributed by atoms with van der Waals surface area (Å²) < 4.78 is 0. The van der Waals surface area contributed by atoms with Gasteiger partial charge < -0.3 is 10.4 Å². The summed E-state index contributed by atoms with van der Waals surface area (Å²) in [5, 5.41) is 13.9. The van der Waals surface area contributed by atoms with Crippen molar-refractivity contribution in [1.29, 1.82) is 0 Å². The fourth-order valence-electron chi connectivity index (χ4n) is 3.90. The molecule has 1 unspecified atom stereocenters. The summed E-state index contributed by atoms with van der Waals surface area (Å²) in [6, 6.07) is 0.408. The second-order valence-corrected chi connectivity index (χ2v) is 8.18. The number of rotatable bonds is 5. The average molecular weight is 323 g/mol. The second-order valence-electron chi connectivity index (χ2n) is 8.18. The lowest BCUT2D eigenvalue weighted by Crippen LogP contribution is -2.56. The van der Waals surface area contributed by atoms with Crippen molar-refractivity contribution in [3.8, 4) is 0 Å². The Labute approximate surface area is 140 Å². The highest BCUT2D eigenvalue weighted by atomic mass is 16.3. The highest BCUT2D eigenvalue weighted by Crippen LogP contribution is 2.32. The molecule has 0 radical (unpaired) electrons. The third-order valence-corrected chi connectivity index (χ3v) is 5.98. The summed E-state index contributed by atoms with van der Waals surface area (Å²) in [4.78, 5) is 16.8. The number of hydrogen-bond acceptors (Lipinski definition) is 4. The van der Waals surface area contributed by atoms with Crippen molar-refractivity contribution in [2.24, 2.45) is 5.92 Å². The van der Waals surface area contributed by atoms with Gasteiger partial charge in [-0.05, 0) is 51.4 Å². The predicted octanol–water partition coefficient (Wildman–Crippen LogP) is 1.21. The van der Waals surface area contributed by atoms with Crippen molar-refractivity contribution < 1.29 is 9.90 Å². The first-order valence-corrected chi connectivity index (χ1v) is 9.44. The van der Waals surface area contributed by atoms with E-state index in [2.05, 4.69) is 22.0 Å². The maximum absolute atomic E-state index is 12.2. The Kier molecular flexibility index (Phi) is 5.29. The van der Waals surface area contributed by atoms with E-state index in [1.54, 1.807) is 0 Å². The average Bonchev–Trinajstić information content (AvgIpc) is 3.34. The first-order valence-electron chi connectivity index (χ1n) is 9.44. The molecule has 1 saturated heterocycles. The fraction of sp³-hybridized carbons (Fsp3) is 0.944. The van der Waals surface area contributed by atoms with Crippen molar-refractivity contribution in [3.05, 3.63) is 0 Å². The molecule has 1 aliphatic heterocycles. The number of carbonyl (C=O) groups is 1. The zero-order chi connectivity index (χ0) is 16.4. The van der Waals surface area contributed by atoms with Crippen LogP contribution in [-0.4, -0.2) is 71.2 Å². The maximum atomic E-state index is 12.2. The van der Waals surface area contributed by atoms with Crippen LogP contribution in [0.1, 0.15) is 52.4 Å². The van der Waals surface area contributed by atoms with E-state index in [1.807, 2.05) is 6.92 Å². The Morgan fingerprint density at radius 2 is 1.78 bits per heavy atom. The number of carbonyl (C=O) groups excluding carboxylic acids is 1. The highest BCUT2D eigenvalue weighted by Gasteiger charge is 2.35. The Morgan fingerprint density at radius 3 is 2.35 bits per heavy atom. The predicted molar refractivity (Wildman–Crippen MR) is 91.2 cm³/mol. The van der Waals surface area contributed by atoms with Crippen LogP contribution in [0.5, 0.6) is 0 Å². The van der Waals surface area contributed by atoms with Crippen LogP contribution in [0.3, 0.4) is 0 Å². The number of hydrogen-bond donors (Lipinski definition) is 2. The van der Waals surface area contributed by atoms with Gasteiger partial charge in [-0.15, -0.1) is 0 Å². The van der Waals surface area contributed by atoms with Gasteiger partial charge in [-0.3, -0.25) is 14.6 Å². The first-order chi connectivity index (χ1) is 11.0. The van der Waals surface area contributed by atoms with Gasteiger partial charge in [-0.2, -0.15) is 0 Å². The number of nitrogens with one attached hydrogen (secondary N) is 1. The van der Waals surface area contributed by atoms with Gasteiger partial charge in [0.15, 0.2) is 0 Å². The van der Waals surface area contributed by atoms with Gasteiger partial charge in [0.25, 0.3) is 0 Å². The lowest BCUT2D eigenvalue weighted by Gasteiger charge is -2.43. The lowest BCUT2D eigenvalue weighted by molar-refractivity contribution is -0.127. The van der Waals surface area contributed by atoms with E-state index in [9.17, 15) is 9.90 Å². The topological polar surface area (TPSA) is 55.8 Å². The van der Waals surface area contributed by atoms with Crippen LogP contribution >= 0.6 is 0 Å². The first kappa shape index (κ1) is 17.2. The molecule has 132 valence electrons. The normalized spacial score (nSPS) is 35.0. The molecule has 0 aromatic rings. The summed E-state index contributed by atoms with van der Waals surface area (Å²) in [6.45, 7) is 8.86. The molecule has 3 aliphatic rings. The largest absolute Gasteiger partial charge is 0.389 e. The molecular formula is C18H33N3O2. The molecule has 5 nitrogen and oxygen atoms in total. The third-order valence-electron chi connectivity index (χ3n) is 5.98. The minimum Gasteiger partial charge on any atom is -0.389 e. The molecule has 0 spiro atoms. The van der Waals surface area contributed by atoms with Crippen molar-refractivity contribution in [3.63, 3.8) is 0 Å². The van der Waals surface area contributed by atoms with Gasteiger partial charge in [-0.25, -0.2) is 0 Å². The molecule has 2 saturated carbocycles. The SMILES string of the molecule is CC1CCC(O)(CN2CCN(C(C)C(=O)NC3CC3)CC2)CC1. The molecule has 2 aliphatic carbocycles. The van der Waals surface area contributed by atoms with Crippen molar-refractivity contribution in [2.75, 3.05) is 32.7 Å². The Balaban J connectivity index is 1.42. The van der Waals surface area contributed by atoms with Crippen molar-refractivity contribution in [1.82, 2.24) is 15.1 Å². The van der Waals surface area contributed by atoms with Crippen LogP contribution in [-0.2, 0) is 4.79 Å². The van der Waals surface area contributed by atoms with E-state index in [4.69, 9.17) is 0 Å². The lowest BCUT2D eigenvalue weighted by atomic mass is 9.79. The Bertz CT molecular complexity index is 408. The number of aliphatic hydroxyl groups is 1. The van der Waals surface area contributed by atoms with Crippen molar-refractivity contribution >= 4 is 5.91 Å². The quantitative estimate of drug-likeness (QED) is 0.799. The molecule has 3 fully saturated rings. The molecule has 0 aromatic carbocycles. The van der Waals surface area contributed by atoms with E-state index in [1.165, 1.54) is 0 Å². The van der Waals surface area contributed by atoms with E-state index in [-0.39, 0.29) is 11.9 Å². The number of piperazine rings is 1. The molecule has 0 bridgehead atoms. The van der Waals surface area contributed by atoms with Crippen LogP contribution < -0.4 is 5.32 Å². The van der Waals surface area contributed by atoms with Gasteiger partial charge in [0.2, 0.25) is 5.91 Å². The zero-order valence-electron chi connectivity index (χ0n) is 14.8. The number of nitrogens with zero attached hydrogens (tertiary/aromatic N) is 2. The zero-order valence-corrected chi connectivity index (χ0v) is 14.8. The van der Waals surface area contributed by atoms with Gasteiger partial charge in [-0.1, -0.05) is 6.92 Å². The molecule has 5 heteroatoms. The second kappa shape index (κ2) is 7.08. The maximum Gasteiger partial charge on any atom is 0.237 e. The van der Waals surface area contributed by atoms with Gasteiger partial charge in [0.1, 0.15) is 0 Å². The number of β-amino-alcohol motifs (C(OH)–C–C–N with tert-alkyl or cyclic N) is 1. The Hall–Kier alpha value is -0.650. The molecule has 3 rings (SSSR count). The summed E-state index contributed by atoms with van der Waals surface area (Å²) in [7, 11) is 0. The molecular weight excluding hydrogens is 290 g/mol. The minimum absolute atomic E-state index is 0.0311. The smallest absolute Gasteiger partial charge is 0.237 e.